The molecule has 1 aromatic carbocycles. The Balaban J connectivity index is 2.50. The Labute approximate surface area is 93.1 Å². The summed E-state index contributed by atoms with van der Waals surface area (Å²) in [7, 11) is 0. The van der Waals surface area contributed by atoms with Gasteiger partial charge in [0, 0.05) is 5.56 Å². The zero-order valence-electron chi connectivity index (χ0n) is 9.20. The molecule has 4 heteroatoms. The molecule has 0 radical (unpaired) electrons. The molecule has 2 rings (SSSR count). The zero-order valence-corrected chi connectivity index (χ0v) is 9.20. The minimum Gasteiger partial charge on any atom is -0.423 e. The largest absolute Gasteiger partial charge is 0.423 e. The van der Waals surface area contributed by atoms with E-state index in [1.54, 1.807) is 12.1 Å². The number of hydrogen-bond donors (Lipinski definition) is 1. The zero-order chi connectivity index (χ0) is 11.7. The van der Waals surface area contributed by atoms with Crippen LogP contribution in [0, 0.1) is 5.82 Å². The lowest BCUT2D eigenvalue weighted by Gasteiger charge is -2.03. The molecule has 1 aromatic heterocycles. The molecule has 0 unspecified atom stereocenters. The van der Waals surface area contributed by atoms with E-state index in [1.807, 2.05) is 13.8 Å². The lowest BCUT2D eigenvalue weighted by atomic mass is 10.0. The third-order valence-corrected chi connectivity index (χ3v) is 2.32. The van der Waals surface area contributed by atoms with Gasteiger partial charge in [-0.15, -0.1) is 0 Å². The van der Waals surface area contributed by atoms with E-state index in [0.717, 1.165) is 11.3 Å². The number of halogens is 1. The van der Waals surface area contributed by atoms with E-state index >= 15 is 0 Å². The Morgan fingerprint density at radius 2 is 1.88 bits per heavy atom. The number of benzene rings is 1. The average Bonchev–Trinajstić information content (AvgIpc) is 2.61. The average molecular weight is 220 g/mol. The van der Waals surface area contributed by atoms with Gasteiger partial charge in [0.2, 0.25) is 0 Å². The molecular weight excluding hydrogens is 207 g/mol. The quantitative estimate of drug-likeness (QED) is 0.845. The van der Waals surface area contributed by atoms with Gasteiger partial charge in [0.25, 0.3) is 6.01 Å². The van der Waals surface area contributed by atoms with Gasteiger partial charge in [-0.25, -0.2) is 4.39 Å². The number of anilines is 1. The number of nitrogens with zero attached hydrogens (tertiary/aromatic N) is 1. The first-order chi connectivity index (χ1) is 7.58. The SMILES string of the molecule is CC(C)c1nc(N)oc1-c1ccc(F)cc1. The van der Waals surface area contributed by atoms with Gasteiger partial charge < -0.3 is 10.2 Å². The van der Waals surface area contributed by atoms with Crippen molar-refractivity contribution in [3.63, 3.8) is 0 Å². The second-order valence-corrected chi connectivity index (χ2v) is 3.93. The molecule has 0 aliphatic rings. The monoisotopic (exact) mass is 220 g/mol. The highest BCUT2D eigenvalue weighted by molar-refractivity contribution is 5.61. The highest BCUT2D eigenvalue weighted by Gasteiger charge is 2.16. The molecule has 2 N–H and O–H groups in total. The molecule has 0 amide bonds. The third-order valence-electron chi connectivity index (χ3n) is 2.32. The van der Waals surface area contributed by atoms with Gasteiger partial charge in [0.1, 0.15) is 5.82 Å². The van der Waals surface area contributed by atoms with Crippen LogP contribution in [0.15, 0.2) is 28.7 Å². The highest BCUT2D eigenvalue weighted by atomic mass is 19.1. The fourth-order valence-corrected chi connectivity index (χ4v) is 1.55. The van der Waals surface area contributed by atoms with Gasteiger partial charge in [0.05, 0.1) is 5.69 Å². The number of nitrogen functional groups attached to an aromatic ring is 1. The first kappa shape index (κ1) is 10.7. The summed E-state index contributed by atoms with van der Waals surface area (Å²) in [6.07, 6.45) is 0. The summed E-state index contributed by atoms with van der Waals surface area (Å²) >= 11 is 0. The van der Waals surface area contributed by atoms with E-state index < -0.39 is 0 Å². The molecule has 16 heavy (non-hydrogen) atoms. The van der Waals surface area contributed by atoms with Gasteiger partial charge >= 0.3 is 0 Å². The fourth-order valence-electron chi connectivity index (χ4n) is 1.55. The van der Waals surface area contributed by atoms with Crippen LogP contribution in [-0.4, -0.2) is 4.98 Å². The van der Waals surface area contributed by atoms with E-state index in [9.17, 15) is 4.39 Å². The molecule has 0 fully saturated rings. The van der Waals surface area contributed by atoms with Crippen molar-refractivity contribution >= 4 is 6.01 Å². The van der Waals surface area contributed by atoms with E-state index in [4.69, 9.17) is 10.2 Å². The molecular formula is C12H13FN2O. The third kappa shape index (κ3) is 1.91. The molecule has 3 nitrogen and oxygen atoms in total. The van der Waals surface area contributed by atoms with Crippen LogP contribution in [0.2, 0.25) is 0 Å². The Morgan fingerprint density at radius 3 is 2.44 bits per heavy atom. The summed E-state index contributed by atoms with van der Waals surface area (Å²) in [4.78, 5) is 4.13. The highest BCUT2D eigenvalue weighted by Crippen LogP contribution is 2.30. The van der Waals surface area contributed by atoms with E-state index in [1.165, 1.54) is 12.1 Å². The first-order valence-corrected chi connectivity index (χ1v) is 5.10. The maximum absolute atomic E-state index is 12.8. The maximum atomic E-state index is 12.8. The van der Waals surface area contributed by atoms with Crippen LogP contribution in [0.3, 0.4) is 0 Å². The minimum atomic E-state index is -0.276. The van der Waals surface area contributed by atoms with Crippen molar-refractivity contribution in [3.8, 4) is 11.3 Å². The normalized spacial score (nSPS) is 11.0. The van der Waals surface area contributed by atoms with Crippen molar-refractivity contribution in [2.24, 2.45) is 0 Å². The van der Waals surface area contributed by atoms with E-state index in [0.29, 0.717) is 5.76 Å². The van der Waals surface area contributed by atoms with Crippen molar-refractivity contribution in [3.05, 3.63) is 35.8 Å². The molecule has 0 atom stereocenters. The number of nitrogens with two attached hydrogens (primary N) is 1. The van der Waals surface area contributed by atoms with Crippen LogP contribution in [-0.2, 0) is 0 Å². The van der Waals surface area contributed by atoms with Gasteiger partial charge in [-0.05, 0) is 30.2 Å². The van der Waals surface area contributed by atoms with E-state index in [2.05, 4.69) is 4.98 Å². The van der Waals surface area contributed by atoms with Gasteiger partial charge in [-0.2, -0.15) is 4.98 Å². The molecule has 0 bridgehead atoms. The molecule has 0 aliphatic carbocycles. The predicted octanol–water partition coefficient (Wildman–Crippen LogP) is 3.19. The van der Waals surface area contributed by atoms with Crippen LogP contribution in [0.5, 0.6) is 0 Å². The molecule has 0 spiro atoms. The Hall–Kier alpha value is -1.84. The van der Waals surface area contributed by atoms with Crippen molar-refractivity contribution in [1.29, 1.82) is 0 Å². The van der Waals surface area contributed by atoms with Crippen molar-refractivity contribution < 1.29 is 8.81 Å². The number of aromatic nitrogens is 1. The summed E-state index contributed by atoms with van der Waals surface area (Å²) in [6, 6.07) is 6.22. The van der Waals surface area contributed by atoms with Crippen LogP contribution in [0.1, 0.15) is 25.5 Å². The fraction of sp³-hybridized carbons (Fsp3) is 0.250. The second-order valence-electron chi connectivity index (χ2n) is 3.93. The first-order valence-electron chi connectivity index (χ1n) is 5.10. The molecule has 84 valence electrons. The van der Waals surface area contributed by atoms with Gasteiger partial charge in [0.15, 0.2) is 5.76 Å². The van der Waals surface area contributed by atoms with Gasteiger partial charge in [-0.1, -0.05) is 13.8 Å². The van der Waals surface area contributed by atoms with Crippen LogP contribution in [0.25, 0.3) is 11.3 Å². The molecule has 1 heterocycles. The number of rotatable bonds is 2. The Morgan fingerprint density at radius 1 is 1.25 bits per heavy atom. The summed E-state index contributed by atoms with van der Waals surface area (Å²) in [6.45, 7) is 4.01. The van der Waals surface area contributed by atoms with Crippen molar-refractivity contribution in [1.82, 2.24) is 4.98 Å². The summed E-state index contributed by atoms with van der Waals surface area (Å²) in [5.41, 5.74) is 7.11. The van der Waals surface area contributed by atoms with Crippen LogP contribution >= 0.6 is 0 Å². The molecule has 0 aliphatic heterocycles. The van der Waals surface area contributed by atoms with E-state index in [-0.39, 0.29) is 17.7 Å². The minimum absolute atomic E-state index is 0.142. The van der Waals surface area contributed by atoms with Crippen LogP contribution in [0.4, 0.5) is 10.4 Å². The standard InChI is InChI=1S/C12H13FN2O/c1-7(2)10-11(16-12(14)15-10)8-3-5-9(13)6-4-8/h3-7H,1-2H3,(H2,14,15). The topological polar surface area (TPSA) is 52.0 Å². The predicted molar refractivity (Wildman–Crippen MR) is 60.4 cm³/mol. The molecule has 0 saturated heterocycles. The van der Waals surface area contributed by atoms with Crippen molar-refractivity contribution in [2.45, 2.75) is 19.8 Å². The maximum Gasteiger partial charge on any atom is 0.292 e. The second kappa shape index (κ2) is 3.96. The van der Waals surface area contributed by atoms with Crippen molar-refractivity contribution in [2.75, 3.05) is 5.73 Å². The smallest absolute Gasteiger partial charge is 0.292 e. The lowest BCUT2D eigenvalue weighted by molar-refractivity contribution is 0.591. The molecule has 0 saturated carbocycles. The summed E-state index contributed by atoms with van der Waals surface area (Å²) < 4.78 is 18.1. The Kier molecular flexibility index (Phi) is 2.64. The van der Waals surface area contributed by atoms with Gasteiger partial charge in [-0.3, -0.25) is 0 Å². The Bertz CT molecular complexity index is 488. The molecule has 2 aromatic rings. The van der Waals surface area contributed by atoms with Crippen LogP contribution < -0.4 is 5.73 Å². The summed E-state index contributed by atoms with van der Waals surface area (Å²) in [5.74, 6) is 0.552. The summed E-state index contributed by atoms with van der Waals surface area (Å²) in [5, 5.41) is 0. The lowest BCUT2D eigenvalue weighted by Crippen LogP contribution is -1.91. The number of hydrogen-bond acceptors (Lipinski definition) is 3. The number of oxazole rings is 1.